The van der Waals surface area contributed by atoms with E-state index in [-0.39, 0.29) is 0 Å². The van der Waals surface area contributed by atoms with Crippen molar-refractivity contribution < 1.29 is 0 Å². The molecule has 0 radical (unpaired) electrons. The van der Waals surface area contributed by atoms with Gasteiger partial charge in [0.25, 0.3) is 0 Å². The van der Waals surface area contributed by atoms with Crippen LogP contribution < -0.4 is 16.4 Å². The Morgan fingerprint density at radius 2 is 1.76 bits per heavy atom. The molecule has 1 unspecified atom stereocenters. The number of nitrogens with two attached hydrogens (primary N) is 1. The number of pyridine rings is 1. The minimum Gasteiger partial charge on any atom is -0.397 e. The number of nitrogens with zero attached hydrogens (tertiary/aromatic N) is 1. The molecule has 29 heavy (non-hydrogen) atoms. The Balaban J connectivity index is 1.51. The molecule has 4 nitrogen and oxygen atoms in total. The van der Waals surface area contributed by atoms with Crippen molar-refractivity contribution >= 4 is 22.8 Å². The molecule has 0 aliphatic rings. The summed E-state index contributed by atoms with van der Waals surface area (Å²) in [6, 6.07) is 19.9. The number of hydrogen-bond donors (Lipinski definition) is 3. The number of hydrogen-bond acceptors (Lipinski definition) is 4. The highest BCUT2D eigenvalue weighted by molar-refractivity contribution is 5.81. The molecule has 0 aliphatic heterocycles. The van der Waals surface area contributed by atoms with E-state index in [0.717, 1.165) is 41.2 Å². The number of allylic oxidation sites excluding steroid dienone is 1. The van der Waals surface area contributed by atoms with Crippen molar-refractivity contribution in [3.63, 3.8) is 0 Å². The molecular weight excluding hydrogens is 356 g/mol. The largest absolute Gasteiger partial charge is 0.397 e. The first kappa shape index (κ1) is 20.2. The third-order valence-corrected chi connectivity index (χ3v) is 4.93. The summed E-state index contributed by atoms with van der Waals surface area (Å²) >= 11 is 0. The lowest BCUT2D eigenvalue weighted by atomic mass is 9.97. The van der Waals surface area contributed by atoms with Crippen molar-refractivity contribution in [2.75, 3.05) is 16.4 Å². The topological polar surface area (TPSA) is 63.0 Å². The Hall–Kier alpha value is -3.53. The number of benzene rings is 2. The lowest BCUT2D eigenvalue weighted by Crippen LogP contribution is -2.02. The molecule has 4 N–H and O–H groups in total. The second kappa shape index (κ2) is 9.60. The van der Waals surface area contributed by atoms with Gasteiger partial charge in [-0.3, -0.25) is 4.98 Å². The van der Waals surface area contributed by atoms with Gasteiger partial charge in [-0.25, -0.2) is 0 Å². The molecule has 0 saturated heterocycles. The fraction of sp³-hybridized carbons (Fsp3) is 0.160. The van der Waals surface area contributed by atoms with Crippen molar-refractivity contribution in [3.8, 4) is 0 Å². The zero-order chi connectivity index (χ0) is 20.6. The van der Waals surface area contributed by atoms with Crippen LogP contribution in [0.25, 0.3) is 5.70 Å². The fourth-order valence-electron chi connectivity index (χ4n) is 3.09. The van der Waals surface area contributed by atoms with Crippen molar-refractivity contribution in [1.82, 2.24) is 4.98 Å². The quantitative estimate of drug-likeness (QED) is 0.381. The summed E-state index contributed by atoms with van der Waals surface area (Å²) in [4.78, 5) is 4.20. The van der Waals surface area contributed by atoms with Gasteiger partial charge in [0.15, 0.2) is 0 Å². The van der Waals surface area contributed by atoms with E-state index in [9.17, 15) is 0 Å². The van der Waals surface area contributed by atoms with Crippen LogP contribution >= 0.6 is 0 Å². The van der Waals surface area contributed by atoms with Gasteiger partial charge in [-0.15, -0.1) is 0 Å². The van der Waals surface area contributed by atoms with E-state index in [1.54, 1.807) is 6.20 Å². The molecular formula is C25H28N4. The highest BCUT2D eigenvalue weighted by atomic mass is 14.9. The van der Waals surface area contributed by atoms with Gasteiger partial charge in [-0.2, -0.15) is 0 Å². The summed E-state index contributed by atoms with van der Waals surface area (Å²) in [6.45, 7) is 10.5. The number of rotatable bonds is 9. The summed E-state index contributed by atoms with van der Waals surface area (Å²) in [7, 11) is 0. The fourth-order valence-corrected chi connectivity index (χ4v) is 3.09. The zero-order valence-corrected chi connectivity index (χ0v) is 16.9. The van der Waals surface area contributed by atoms with E-state index in [4.69, 9.17) is 5.73 Å². The molecule has 0 saturated carbocycles. The molecule has 3 rings (SSSR count). The normalized spacial score (nSPS) is 11.5. The predicted molar refractivity (Wildman–Crippen MR) is 125 cm³/mol. The van der Waals surface area contributed by atoms with Gasteiger partial charge in [0.1, 0.15) is 0 Å². The monoisotopic (exact) mass is 384 g/mol. The standard InChI is InChI=1S/C25H28N4/c1-18(22-7-6-16-27-17-22)10-11-19(2)28-23-14-12-21(13-15-23)20(3)29-25-9-5-4-8-24(25)26/h4-9,12-18,28-29H,2-3,10-11,26H2,1H3. The predicted octanol–water partition coefficient (Wildman–Crippen LogP) is 6.26. The highest BCUT2D eigenvalue weighted by Gasteiger charge is 2.07. The van der Waals surface area contributed by atoms with E-state index in [1.165, 1.54) is 5.56 Å². The van der Waals surface area contributed by atoms with Gasteiger partial charge < -0.3 is 16.4 Å². The number of aromatic nitrogens is 1. The molecule has 0 fully saturated rings. The van der Waals surface area contributed by atoms with E-state index < -0.39 is 0 Å². The Bertz CT molecular complexity index is 962. The average molecular weight is 385 g/mol. The Morgan fingerprint density at radius 3 is 2.45 bits per heavy atom. The van der Waals surface area contributed by atoms with Crippen molar-refractivity contribution in [2.24, 2.45) is 0 Å². The SMILES string of the molecule is C=C(CCC(C)c1cccnc1)Nc1ccc(C(=C)Nc2ccccc2N)cc1. The van der Waals surface area contributed by atoms with E-state index in [0.29, 0.717) is 11.6 Å². The number of nitrogens with one attached hydrogen (secondary N) is 2. The van der Waals surface area contributed by atoms with Crippen LogP contribution in [0, 0.1) is 0 Å². The molecule has 3 aromatic rings. The van der Waals surface area contributed by atoms with Gasteiger partial charge in [0, 0.05) is 29.5 Å². The Kier molecular flexibility index (Phi) is 6.69. The van der Waals surface area contributed by atoms with Crippen molar-refractivity contribution in [2.45, 2.75) is 25.7 Å². The van der Waals surface area contributed by atoms with Gasteiger partial charge in [0.05, 0.1) is 11.4 Å². The van der Waals surface area contributed by atoms with Crippen LogP contribution in [0.3, 0.4) is 0 Å². The molecule has 1 atom stereocenters. The summed E-state index contributed by atoms with van der Waals surface area (Å²) in [5.41, 5.74) is 12.6. The van der Waals surface area contributed by atoms with E-state index >= 15 is 0 Å². The van der Waals surface area contributed by atoms with Crippen molar-refractivity contribution in [1.29, 1.82) is 0 Å². The molecule has 148 valence electrons. The molecule has 1 aromatic heterocycles. The van der Waals surface area contributed by atoms with Crippen LogP contribution in [0.5, 0.6) is 0 Å². The smallest absolute Gasteiger partial charge is 0.0617 e. The molecule has 2 aromatic carbocycles. The van der Waals surface area contributed by atoms with Crippen LogP contribution in [0.2, 0.25) is 0 Å². The maximum absolute atomic E-state index is 5.99. The molecule has 0 bridgehead atoms. The maximum Gasteiger partial charge on any atom is 0.0617 e. The van der Waals surface area contributed by atoms with E-state index in [2.05, 4.69) is 41.8 Å². The molecule has 1 heterocycles. The van der Waals surface area contributed by atoms with Gasteiger partial charge in [-0.1, -0.05) is 50.4 Å². The number of para-hydroxylation sites is 2. The van der Waals surface area contributed by atoms with Crippen LogP contribution in [-0.2, 0) is 0 Å². The third kappa shape index (κ3) is 5.72. The van der Waals surface area contributed by atoms with Crippen LogP contribution in [0.15, 0.2) is 91.9 Å². The number of nitrogen functional groups attached to an aromatic ring is 1. The van der Waals surface area contributed by atoms with Crippen LogP contribution in [-0.4, -0.2) is 4.98 Å². The minimum atomic E-state index is 0.449. The summed E-state index contributed by atoms with van der Waals surface area (Å²) in [6.07, 6.45) is 5.66. The summed E-state index contributed by atoms with van der Waals surface area (Å²) in [5, 5.41) is 6.67. The molecule has 4 heteroatoms. The maximum atomic E-state index is 5.99. The second-order valence-corrected chi connectivity index (χ2v) is 7.22. The Labute approximate surface area is 173 Å². The second-order valence-electron chi connectivity index (χ2n) is 7.22. The van der Waals surface area contributed by atoms with Crippen LogP contribution in [0.4, 0.5) is 17.1 Å². The highest BCUT2D eigenvalue weighted by Crippen LogP contribution is 2.25. The van der Waals surface area contributed by atoms with Gasteiger partial charge in [0.2, 0.25) is 0 Å². The average Bonchev–Trinajstić information content (AvgIpc) is 2.75. The first-order valence-electron chi connectivity index (χ1n) is 9.78. The van der Waals surface area contributed by atoms with Crippen LogP contribution in [0.1, 0.15) is 36.8 Å². The van der Waals surface area contributed by atoms with Crippen molar-refractivity contribution in [3.05, 3.63) is 103 Å². The van der Waals surface area contributed by atoms with E-state index in [1.807, 2.05) is 60.8 Å². The zero-order valence-electron chi connectivity index (χ0n) is 16.9. The van der Waals surface area contributed by atoms with Gasteiger partial charge in [-0.05, 0) is 60.2 Å². The lowest BCUT2D eigenvalue weighted by molar-refractivity contribution is 0.675. The lowest BCUT2D eigenvalue weighted by Gasteiger charge is -2.15. The summed E-state index contributed by atoms with van der Waals surface area (Å²) in [5.74, 6) is 0.449. The molecule has 0 aliphatic carbocycles. The van der Waals surface area contributed by atoms with Gasteiger partial charge >= 0.3 is 0 Å². The summed E-state index contributed by atoms with van der Waals surface area (Å²) < 4.78 is 0. The number of anilines is 3. The minimum absolute atomic E-state index is 0.449. The first-order valence-corrected chi connectivity index (χ1v) is 9.78. The molecule has 0 amide bonds. The third-order valence-electron chi connectivity index (χ3n) is 4.93. The first-order chi connectivity index (χ1) is 14.0. The molecule has 0 spiro atoms. The Morgan fingerprint density at radius 1 is 1.00 bits per heavy atom.